The van der Waals surface area contributed by atoms with Gasteiger partial charge in [-0.15, -0.1) is 0 Å². The molecule has 2 saturated heterocycles. The van der Waals surface area contributed by atoms with Crippen molar-refractivity contribution in [3.8, 4) is 22.5 Å². The molecule has 1 atom stereocenters. The minimum absolute atomic E-state index is 0.0457. The number of aromatic nitrogens is 6. The van der Waals surface area contributed by atoms with Crippen molar-refractivity contribution in [2.45, 2.75) is 75.7 Å². The lowest BCUT2D eigenvalue weighted by Crippen LogP contribution is -2.47. The van der Waals surface area contributed by atoms with Crippen molar-refractivity contribution < 1.29 is 9.59 Å². The fourth-order valence-corrected chi connectivity index (χ4v) is 8.75. The maximum atomic E-state index is 12.9. The Morgan fingerprint density at radius 1 is 0.729 bits per heavy atom. The average molecular weight is 795 g/mol. The number of nitrogens with two attached hydrogens (primary N) is 2. The van der Waals surface area contributed by atoms with E-state index in [0.717, 1.165) is 102 Å². The van der Waals surface area contributed by atoms with Crippen molar-refractivity contribution in [2.75, 3.05) is 32.7 Å². The lowest BCUT2D eigenvalue weighted by Gasteiger charge is -2.32. The largest absolute Gasteiger partial charge is 0.370 e. The number of aromatic amines is 2. The molecule has 306 valence electrons. The Bertz CT molecular complexity index is 2380. The van der Waals surface area contributed by atoms with Gasteiger partial charge in [-0.3, -0.25) is 29.8 Å². The van der Waals surface area contributed by atoms with Crippen LogP contribution in [0.4, 0.5) is 0 Å². The number of likely N-dealkylation sites (tertiary alicyclic amines) is 1. The highest BCUT2D eigenvalue weighted by molar-refractivity contribution is 5.90. The van der Waals surface area contributed by atoms with Crippen molar-refractivity contribution in [2.24, 2.45) is 22.4 Å². The first-order valence-corrected chi connectivity index (χ1v) is 21.0. The summed E-state index contributed by atoms with van der Waals surface area (Å²) in [6, 6.07) is 24.1. The van der Waals surface area contributed by atoms with E-state index in [1.807, 2.05) is 59.8 Å². The zero-order valence-electron chi connectivity index (χ0n) is 33.4. The molecule has 9 rings (SSSR count). The molecule has 1 aliphatic carbocycles. The van der Waals surface area contributed by atoms with Gasteiger partial charge in [0.25, 0.3) is 0 Å². The molecule has 0 radical (unpaired) electrons. The Labute approximate surface area is 344 Å². The fraction of sp³-hybridized carbons (Fsp3) is 0.400. The highest BCUT2D eigenvalue weighted by atomic mass is 16.2. The molecule has 1 saturated carbocycles. The Morgan fingerprint density at radius 2 is 1.27 bits per heavy atom. The molecule has 2 aliphatic heterocycles. The van der Waals surface area contributed by atoms with E-state index in [1.54, 1.807) is 0 Å². The predicted octanol–water partition coefficient (Wildman–Crippen LogP) is 5.76. The molecule has 14 nitrogen and oxygen atoms in total. The number of amides is 2. The van der Waals surface area contributed by atoms with Crippen LogP contribution in [-0.4, -0.2) is 91.8 Å². The molecule has 4 aromatic heterocycles. The van der Waals surface area contributed by atoms with E-state index < -0.39 is 6.04 Å². The molecule has 14 heteroatoms. The smallest absolute Gasteiger partial charge is 0.245 e. The second-order valence-corrected chi connectivity index (χ2v) is 16.0. The summed E-state index contributed by atoms with van der Waals surface area (Å²) in [6.07, 6.45) is 12.9. The zero-order chi connectivity index (χ0) is 40.6. The molecule has 6 heterocycles. The standard InChI is InChI=1S/C28H36N8O2.C17H18N4/c29-28(30)33-26(19-6-2-1-3-7-19)27(38)32-17-25(37)36-12-10-18(11-13-36)23-15-24(35-34-23)21-14-20-8-4-5-9-22(20)31-16-21;1-2-4-15-13(3-1)9-14(11-19-15)17-10-16(20-21-17)12-5-7-18-8-6-12/h4-5,8-9,14-16,18-19,26H,1-3,6-7,10-13,17H2,(H,32,38)(H,34,35)(H4,29,30,33);1-4,9-12,18H,5-8H2,(H,20,21)/t26-;/m1./s1. The average Bonchev–Trinajstić information content (AvgIpc) is 4.00. The molecule has 0 spiro atoms. The van der Waals surface area contributed by atoms with Crippen molar-refractivity contribution >= 4 is 39.6 Å². The van der Waals surface area contributed by atoms with Crippen LogP contribution in [0, 0.1) is 5.92 Å². The third-order valence-electron chi connectivity index (χ3n) is 12.1. The highest BCUT2D eigenvalue weighted by Crippen LogP contribution is 2.32. The molecule has 0 bridgehead atoms. The Balaban J connectivity index is 0.000000193. The summed E-state index contributed by atoms with van der Waals surface area (Å²) in [5.41, 5.74) is 19.4. The second-order valence-electron chi connectivity index (χ2n) is 16.0. The molecular weight excluding hydrogens is 741 g/mol. The van der Waals surface area contributed by atoms with Gasteiger partial charge in [0.05, 0.1) is 29.0 Å². The summed E-state index contributed by atoms with van der Waals surface area (Å²) in [5, 5.41) is 23.8. The van der Waals surface area contributed by atoms with Gasteiger partial charge >= 0.3 is 0 Å². The number of carbonyl (C=O) groups is 2. The number of hydrogen-bond acceptors (Lipinski definition) is 8. The minimum atomic E-state index is -0.633. The van der Waals surface area contributed by atoms with E-state index in [0.29, 0.717) is 24.9 Å². The maximum Gasteiger partial charge on any atom is 0.245 e. The molecule has 59 heavy (non-hydrogen) atoms. The lowest BCUT2D eigenvalue weighted by molar-refractivity contribution is -0.134. The first-order chi connectivity index (χ1) is 28.9. The summed E-state index contributed by atoms with van der Waals surface area (Å²) in [7, 11) is 0. The maximum absolute atomic E-state index is 12.9. The van der Waals surface area contributed by atoms with Gasteiger partial charge in [0.15, 0.2) is 5.96 Å². The van der Waals surface area contributed by atoms with Gasteiger partial charge in [-0.05, 0) is 93.9 Å². The minimum Gasteiger partial charge on any atom is -0.370 e. The summed E-state index contributed by atoms with van der Waals surface area (Å²) in [6.45, 7) is 3.40. The van der Waals surface area contributed by atoms with Gasteiger partial charge in [-0.25, -0.2) is 4.99 Å². The van der Waals surface area contributed by atoms with E-state index in [2.05, 4.69) is 76.3 Å². The Hall–Kier alpha value is -6.15. The number of rotatable bonds is 9. The molecule has 3 aliphatic rings. The number of aliphatic imine (C=N–C) groups is 1. The van der Waals surface area contributed by atoms with Crippen LogP contribution in [-0.2, 0) is 9.59 Å². The third-order valence-corrected chi connectivity index (χ3v) is 12.1. The lowest BCUT2D eigenvalue weighted by atomic mass is 9.83. The number of guanidine groups is 1. The van der Waals surface area contributed by atoms with Crippen LogP contribution in [0.3, 0.4) is 0 Å². The summed E-state index contributed by atoms with van der Waals surface area (Å²) in [5.74, 6) is 0.546. The summed E-state index contributed by atoms with van der Waals surface area (Å²) < 4.78 is 0. The van der Waals surface area contributed by atoms with Crippen molar-refractivity contribution in [3.05, 3.63) is 96.6 Å². The SMILES string of the molecule is NC(N)=N[C@@H](C(=O)NCC(=O)N1CCC(c2cc(-c3cnc4ccccc4c3)n[nH]2)CC1)C1CCCCC1.c1ccc2ncc(-c3cc(C4CCNCC4)[nH]n3)cc2c1. The second kappa shape index (κ2) is 18.6. The molecule has 0 unspecified atom stereocenters. The molecular formula is C45H54N12O2. The zero-order valence-corrected chi connectivity index (χ0v) is 33.4. The third kappa shape index (κ3) is 9.77. The quantitative estimate of drug-likeness (QED) is 0.0776. The van der Waals surface area contributed by atoms with E-state index in [1.165, 1.54) is 25.0 Å². The van der Waals surface area contributed by atoms with Crippen molar-refractivity contribution in [1.29, 1.82) is 0 Å². The number of para-hydroxylation sites is 2. The summed E-state index contributed by atoms with van der Waals surface area (Å²) >= 11 is 0. The van der Waals surface area contributed by atoms with E-state index in [-0.39, 0.29) is 30.2 Å². The number of H-pyrrole nitrogens is 2. The van der Waals surface area contributed by atoms with Crippen LogP contribution in [0.15, 0.2) is 90.2 Å². The highest BCUT2D eigenvalue weighted by Gasteiger charge is 2.31. The molecule has 2 amide bonds. The fourth-order valence-electron chi connectivity index (χ4n) is 8.75. The van der Waals surface area contributed by atoms with Crippen molar-refractivity contribution in [1.82, 2.24) is 45.9 Å². The van der Waals surface area contributed by atoms with Crippen LogP contribution in [0.5, 0.6) is 0 Å². The van der Waals surface area contributed by atoms with E-state index >= 15 is 0 Å². The number of nitrogens with zero attached hydrogens (tertiary/aromatic N) is 6. The number of hydrogen-bond donors (Lipinski definition) is 6. The van der Waals surface area contributed by atoms with Crippen LogP contribution < -0.4 is 22.1 Å². The van der Waals surface area contributed by atoms with Crippen LogP contribution in [0.25, 0.3) is 44.3 Å². The Morgan fingerprint density at radius 3 is 1.83 bits per heavy atom. The normalized spacial score (nSPS) is 17.3. The number of benzene rings is 2. The topological polar surface area (TPSA) is 209 Å². The van der Waals surface area contributed by atoms with E-state index in [9.17, 15) is 9.59 Å². The van der Waals surface area contributed by atoms with E-state index in [4.69, 9.17) is 11.5 Å². The summed E-state index contributed by atoms with van der Waals surface area (Å²) in [4.78, 5) is 40.8. The first kappa shape index (κ1) is 39.7. The predicted molar refractivity (Wildman–Crippen MR) is 231 cm³/mol. The number of piperidine rings is 2. The monoisotopic (exact) mass is 794 g/mol. The molecule has 3 fully saturated rings. The molecule has 2 aromatic carbocycles. The molecule has 6 aromatic rings. The van der Waals surface area contributed by atoms with Crippen LogP contribution >= 0.6 is 0 Å². The number of fused-ring (bicyclic) bond motifs is 2. The van der Waals surface area contributed by atoms with Crippen LogP contribution in [0.2, 0.25) is 0 Å². The number of pyridine rings is 2. The number of carbonyl (C=O) groups excluding carboxylic acids is 2. The van der Waals surface area contributed by atoms with Crippen molar-refractivity contribution in [3.63, 3.8) is 0 Å². The van der Waals surface area contributed by atoms with Gasteiger partial charge in [0.1, 0.15) is 6.04 Å². The first-order valence-electron chi connectivity index (χ1n) is 21.0. The van der Waals surface area contributed by atoms with Gasteiger partial charge in [0, 0.05) is 70.6 Å². The Kier molecular flexibility index (Phi) is 12.5. The number of nitrogens with one attached hydrogen (secondary N) is 4. The van der Waals surface area contributed by atoms with Crippen LogP contribution in [0.1, 0.15) is 81.0 Å². The molecule has 8 N–H and O–H groups in total. The van der Waals surface area contributed by atoms with Gasteiger partial charge in [0.2, 0.25) is 11.8 Å². The van der Waals surface area contributed by atoms with Gasteiger partial charge in [-0.2, -0.15) is 10.2 Å². The van der Waals surface area contributed by atoms with Gasteiger partial charge < -0.3 is 27.0 Å². The van der Waals surface area contributed by atoms with Gasteiger partial charge in [-0.1, -0.05) is 55.7 Å².